The van der Waals surface area contributed by atoms with E-state index in [-0.39, 0.29) is 6.61 Å². The first-order chi connectivity index (χ1) is 10.7. The minimum Gasteiger partial charge on any atom is -0.392 e. The number of fused-ring (bicyclic) bond motifs is 1. The molecule has 5 heteroatoms. The molecule has 0 radical (unpaired) electrons. The highest BCUT2D eigenvalue weighted by molar-refractivity contribution is 5.69. The summed E-state index contributed by atoms with van der Waals surface area (Å²) in [6, 6.07) is 7.78. The molecule has 0 atom stereocenters. The summed E-state index contributed by atoms with van der Waals surface area (Å²) in [6.45, 7) is 5.18. The summed E-state index contributed by atoms with van der Waals surface area (Å²) in [5, 5.41) is 12.7. The average Bonchev–Trinajstić information content (AvgIpc) is 3.01. The zero-order valence-corrected chi connectivity index (χ0v) is 12.8. The zero-order chi connectivity index (χ0) is 15.5. The van der Waals surface area contributed by atoms with E-state index in [1.165, 1.54) is 0 Å². The predicted octanol–water partition coefficient (Wildman–Crippen LogP) is 2.96. The molecule has 2 heterocycles. The fourth-order valence-corrected chi connectivity index (χ4v) is 2.32. The van der Waals surface area contributed by atoms with Crippen molar-refractivity contribution < 1.29 is 5.11 Å². The van der Waals surface area contributed by atoms with Crippen LogP contribution in [0, 0.1) is 5.92 Å². The topological polar surface area (TPSA) is 62.5 Å². The van der Waals surface area contributed by atoms with Crippen molar-refractivity contribution in [1.82, 2.24) is 14.4 Å². The maximum Gasteiger partial charge on any atom is 0.180 e. The molecular weight excluding hydrogens is 276 g/mol. The van der Waals surface area contributed by atoms with E-state index in [0.717, 1.165) is 34.8 Å². The summed E-state index contributed by atoms with van der Waals surface area (Å²) in [4.78, 5) is 9.08. The summed E-state index contributed by atoms with van der Waals surface area (Å²) in [6.07, 6.45) is 5.64. The second-order valence-corrected chi connectivity index (χ2v) is 5.77. The highest BCUT2D eigenvalue weighted by Crippen LogP contribution is 2.23. The molecule has 5 nitrogen and oxygen atoms in total. The highest BCUT2D eigenvalue weighted by atomic mass is 16.3. The van der Waals surface area contributed by atoms with Gasteiger partial charge in [-0.15, -0.1) is 0 Å². The number of aromatic nitrogens is 3. The molecular formula is C17H20N4O. The number of nitrogens with one attached hydrogen (secondary N) is 1. The number of anilines is 1. The van der Waals surface area contributed by atoms with E-state index in [4.69, 9.17) is 4.98 Å². The molecule has 2 aromatic heterocycles. The van der Waals surface area contributed by atoms with E-state index < -0.39 is 0 Å². The van der Waals surface area contributed by atoms with Crippen LogP contribution in [0.3, 0.4) is 0 Å². The number of aliphatic hydroxyl groups excluding tert-OH is 1. The van der Waals surface area contributed by atoms with Gasteiger partial charge in [-0.2, -0.15) is 0 Å². The molecule has 0 amide bonds. The average molecular weight is 296 g/mol. The van der Waals surface area contributed by atoms with Crippen LogP contribution in [0.5, 0.6) is 0 Å². The molecule has 3 rings (SSSR count). The van der Waals surface area contributed by atoms with Crippen LogP contribution in [0.2, 0.25) is 0 Å². The summed E-state index contributed by atoms with van der Waals surface area (Å²) < 4.78 is 1.97. The van der Waals surface area contributed by atoms with Crippen molar-refractivity contribution in [2.24, 2.45) is 5.92 Å². The van der Waals surface area contributed by atoms with Crippen molar-refractivity contribution in [2.75, 3.05) is 11.9 Å². The number of hydrogen-bond acceptors (Lipinski definition) is 4. The Morgan fingerprint density at radius 3 is 2.95 bits per heavy atom. The monoisotopic (exact) mass is 296 g/mol. The Kier molecular flexibility index (Phi) is 4.06. The van der Waals surface area contributed by atoms with Gasteiger partial charge >= 0.3 is 0 Å². The molecule has 0 unspecified atom stereocenters. The fourth-order valence-electron chi connectivity index (χ4n) is 2.32. The molecule has 3 aromatic rings. The van der Waals surface area contributed by atoms with Crippen LogP contribution in [-0.2, 0) is 6.61 Å². The largest absolute Gasteiger partial charge is 0.392 e. The van der Waals surface area contributed by atoms with Gasteiger partial charge in [-0.25, -0.2) is 9.97 Å². The van der Waals surface area contributed by atoms with Crippen molar-refractivity contribution in [3.63, 3.8) is 0 Å². The van der Waals surface area contributed by atoms with Crippen LogP contribution in [-0.4, -0.2) is 26.0 Å². The Morgan fingerprint density at radius 1 is 1.32 bits per heavy atom. The smallest absolute Gasteiger partial charge is 0.180 e. The number of benzene rings is 1. The normalized spacial score (nSPS) is 11.3. The van der Waals surface area contributed by atoms with E-state index in [0.29, 0.717) is 5.92 Å². The van der Waals surface area contributed by atoms with Gasteiger partial charge < -0.3 is 14.8 Å². The van der Waals surface area contributed by atoms with Crippen LogP contribution in [0.15, 0.2) is 42.9 Å². The van der Waals surface area contributed by atoms with Crippen LogP contribution in [0.25, 0.3) is 16.9 Å². The standard InChI is InChI=1S/C17H20N4O/c1-12(2)9-19-16-17-18-6-7-21(17)10-15(20-16)14-5-3-4-13(8-14)11-22/h3-8,10,12,22H,9,11H2,1-2H3,(H,19,20). The number of aliphatic hydroxyl groups is 1. The molecule has 22 heavy (non-hydrogen) atoms. The second-order valence-electron chi connectivity index (χ2n) is 5.77. The Bertz CT molecular complexity index is 779. The van der Waals surface area contributed by atoms with E-state index in [1.807, 2.05) is 41.1 Å². The second kappa shape index (κ2) is 6.15. The molecule has 1 aromatic carbocycles. The summed E-state index contributed by atoms with van der Waals surface area (Å²) in [5.41, 5.74) is 3.53. The van der Waals surface area contributed by atoms with Gasteiger partial charge in [-0.05, 0) is 17.5 Å². The zero-order valence-electron chi connectivity index (χ0n) is 12.8. The molecule has 0 fully saturated rings. The highest BCUT2D eigenvalue weighted by Gasteiger charge is 2.09. The van der Waals surface area contributed by atoms with Gasteiger partial charge in [0.25, 0.3) is 0 Å². The van der Waals surface area contributed by atoms with Gasteiger partial charge in [-0.1, -0.05) is 32.0 Å². The summed E-state index contributed by atoms with van der Waals surface area (Å²) in [7, 11) is 0. The van der Waals surface area contributed by atoms with E-state index in [2.05, 4.69) is 24.1 Å². The maximum absolute atomic E-state index is 9.30. The lowest BCUT2D eigenvalue weighted by atomic mass is 10.1. The predicted molar refractivity (Wildman–Crippen MR) is 87.7 cm³/mol. The Morgan fingerprint density at radius 2 is 2.18 bits per heavy atom. The third-order valence-corrected chi connectivity index (χ3v) is 3.46. The van der Waals surface area contributed by atoms with Crippen LogP contribution in [0.4, 0.5) is 5.82 Å². The number of rotatable bonds is 5. The molecule has 114 valence electrons. The van der Waals surface area contributed by atoms with Gasteiger partial charge in [0.1, 0.15) is 0 Å². The van der Waals surface area contributed by atoms with Crippen LogP contribution < -0.4 is 5.32 Å². The minimum absolute atomic E-state index is 0.0274. The molecule has 0 saturated carbocycles. The lowest BCUT2D eigenvalue weighted by Gasteiger charge is -2.11. The molecule has 0 aliphatic rings. The van der Waals surface area contributed by atoms with Crippen molar-refractivity contribution >= 4 is 11.5 Å². The van der Waals surface area contributed by atoms with Gasteiger partial charge in [0.05, 0.1) is 12.3 Å². The van der Waals surface area contributed by atoms with Gasteiger partial charge in [-0.3, -0.25) is 0 Å². The van der Waals surface area contributed by atoms with Gasteiger partial charge in [0.2, 0.25) is 0 Å². The fraction of sp³-hybridized carbons (Fsp3) is 0.294. The van der Waals surface area contributed by atoms with Crippen molar-refractivity contribution in [1.29, 1.82) is 0 Å². The number of nitrogens with zero attached hydrogens (tertiary/aromatic N) is 3. The first-order valence-electron chi connectivity index (χ1n) is 7.45. The third-order valence-electron chi connectivity index (χ3n) is 3.46. The molecule has 2 N–H and O–H groups in total. The lowest BCUT2D eigenvalue weighted by molar-refractivity contribution is 0.282. The maximum atomic E-state index is 9.30. The molecule has 0 aliphatic carbocycles. The lowest BCUT2D eigenvalue weighted by Crippen LogP contribution is -2.11. The van der Waals surface area contributed by atoms with Crippen molar-refractivity contribution in [3.8, 4) is 11.3 Å². The first-order valence-corrected chi connectivity index (χ1v) is 7.45. The van der Waals surface area contributed by atoms with Gasteiger partial charge in [0, 0.05) is 30.7 Å². The summed E-state index contributed by atoms with van der Waals surface area (Å²) >= 11 is 0. The van der Waals surface area contributed by atoms with E-state index in [9.17, 15) is 5.11 Å². The molecule has 0 bridgehead atoms. The first kappa shape index (κ1) is 14.5. The minimum atomic E-state index is 0.0274. The molecule has 0 aliphatic heterocycles. The SMILES string of the molecule is CC(C)CNc1nc(-c2cccc(CO)c2)cn2ccnc12. The van der Waals surface area contributed by atoms with E-state index >= 15 is 0 Å². The van der Waals surface area contributed by atoms with Gasteiger partial charge in [0.15, 0.2) is 11.5 Å². The number of hydrogen-bond donors (Lipinski definition) is 2. The Balaban J connectivity index is 2.05. The Hall–Kier alpha value is -2.40. The quantitative estimate of drug-likeness (QED) is 0.760. The summed E-state index contributed by atoms with van der Waals surface area (Å²) in [5.74, 6) is 1.31. The van der Waals surface area contributed by atoms with Crippen LogP contribution in [0.1, 0.15) is 19.4 Å². The van der Waals surface area contributed by atoms with Crippen LogP contribution >= 0.6 is 0 Å². The van der Waals surface area contributed by atoms with Crippen molar-refractivity contribution in [3.05, 3.63) is 48.4 Å². The number of imidazole rings is 1. The van der Waals surface area contributed by atoms with Crippen molar-refractivity contribution in [2.45, 2.75) is 20.5 Å². The molecule has 0 spiro atoms. The molecule has 0 saturated heterocycles. The Labute approximate surface area is 129 Å². The third kappa shape index (κ3) is 2.94. The van der Waals surface area contributed by atoms with E-state index in [1.54, 1.807) is 6.20 Å².